The molecule has 0 heterocycles. The maximum absolute atomic E-state index is 13.5. The largest absolute Gasteiger partial charge is 0.495 e. The number of carbonyl (C=O) groups excluding carboxylic acids is 1. The van der Waals surface area contributed by atoms with Gasteiger partial charge in [0.15, 0.2) is 0 Å². The third kappa shape index (κ3) is 1.70. The molecule has 16 heavy (non-hydrogen) atoms. The summed E-state index contributed by atoms with van der Waals surface area (Å²) in [6.07, 6.45) is 2.95. The van der Waals surface area contributed by atoms with Crippen molar-refractivity contribution in [3.63, 3.8) is 0 Å². The van der Waals surface area contributed by atoms with E-state index in [1.807, 2.05) is 0 Å². The Morgan fingerprint density at radius 1 is 1.56 bits per heavy atom. The fraction of sp³-hybridized carbons (Fsp3) is 0.364. The third-order valence-corrected chi connectivity index (χ3v) is 3.10. The first kappa shape index (κ1) is 11.1. The molecule has 0 N–H and O–H groups in total. The molecular formula is C11H9ClFNO2. The fourth-order valence-corrected chi connectivity index (χ4v) is 1.84. The maximum atomic E-state index is 13.5. The van der Waals surface area contributed by atoms with Crippen LogP contribution in [0.15, 0.2) is 17.1 Å². The van der Waals surface area contributed by atoms with E-state index in [0.717, 1.165) is 0 Å². The highest BCUT2D eigenvalue weighted by Gasteiger charge is 2.45. The Kier molecular flexibility index (Phi) is 2.70. The van der Waals surface area contributed by atoms with Crippen LogP contribution in [-0.2, 0) is 10.3 Å². The van der Waals surface area contributed by atoms with Crippen molar-refractivity contribution in [2.45, 2.75) is 18.4 Å². The second-order valence-electron chi connectivity index (χ2n) is 3.71. The van der Waals surface area contributed by atoms with Gasteiger partial charge in [-0.1, -0.05) is 11.6 Å². The molecule has 0 unspecified atom stereocenters. The molecule has 1 aromatic rings. The number of nitrogens with zero attached hydrogens (tertiary/aromatic N) is 1. The normalized spacial score (nSPS) is 16.4. The van der Waals surface area contributed by atoms with Gasteiger partial charge < -0.3 is 4.74 Å². The monoisotopic (exact) mass is 241 g/mol. The second-order valence-corrected chi connectivity index (χ2v) is 4.09. The van der Waals surface area contributed by atoms with Crippen molar-refractivity contribution in [2.24, 2.45) is 4.99 Å². The fourth-order valence-electron chi connectivity index (χ4n) is 1.65. The molecule has 0 spiro atoms. The van der Waals surface area contributed by atoms with Crippen molar-refractivity contribution in [1.29, 1.82) is 0 Å². The van der Waals surface area contributed by atoms with Gasteiger partial charge in [0.1, 0.15) is 16.6 Å². The quantitative estimate of drug-likeness (QED) is 0.603. The minimum atomic E-state index is -0.611. The lowest BCUT2D eigenvalue weighted by Crippen LogP contribution is -2.04. The molecule has 1 saturated carbocycles. The second kappa shape index (κ2) is 3.89. The molecule has 0 aliphatic heterocycles. The summed E-state index contributed by atoms with van der Waals surface area (Å²) in [4.78, 5) is 14.0. The summed E-state index contributed by atoms with van der Waals surface area (Å²) in [5.74, 6) is -0.313. The minimum absolute atomic E-state index is 0.0582. The first-order valence-corrected chi connectivity index (χ1v) is 5.13. The minimum Gasteiger partial charge on any atom is -0.495 e. The van der Waals surface area contributed by atoms with Crippen LogP contribution in [-0.4, -0.2) is 13.2 Å². The summed E-state index contributed by atoms with van der Waals surface area (Å²) in [5.41, 5.74) is -0.00454. The highest BCUT2D eigenvalue weighted by molar-refractivity contribution is 6.32. The van der Waals surface area contributed by atoms with Crippen molar-refractivity contribution in [1.82, 2.24) is 0 Å². The summed E-state index contributed by atoms with van der Waals surface area (Å²) in [6.45, 7) is 0. The van der Waals surface area contributed by atoms with Crippen LogP contribution in [0.5, 0.6) is 5.75 Å². The van der Waals surface area contributed by atoms with Gasteiger partial charge in [-0.05, 0) is 30.5 Å². The molecule has 0 amide bonds. The first-order chi connectivity index (χ1) is 7.63. The average Bonchev–Trinajstić information content (AvgIpc) is 3.03. The zero-order valence-electron chi connectivity index (χ0n) is 8.59. The van der Waals surface area contributed by atoms with Crippen molar-refractivity contribution in [2.75, 3.05) is 7.11 Å². The molecular weight excluding hydrogens is 233 g/mol. The van der Waals surface area contributed by atoms with Gasteiger partial charge in [-0.25, -0.2) is 9.18 Å². The van der Waals surface area contributed by atoms with Crippen molar-refractivity contribution in [3.8, 4) is 5.75 Å². The third-order valence-electron chi connectivity index (χ3n) is 2.74. The predicted molar refractivity (Wildman–Crippen MR) is 57.0 cm³/mol. The number of aliphatic imine (C=N–C) groups is 1. The van der Waals surface area contributed by atoms with Crippen LogP contribution >= 0.6 is 11.6 Å². The molecule has 0 saturated heterocycles. The van der Waals surface area contributed by atoms with Crippen molar-refractivity contribution >= 4 is 17.7 Å². The van der Waals surface area contributed by atoms with Crippen LogP contribution in [0.4, 0.5) is 4.39 Å². The van der Waals surface area contributed by atoms with Gasteiger partial charge in [-0.3, -0.25) is 0 Å². The number of methoxy groups -OCH3 is 1. The SMILES string of the molecule is COc1cc(C2(N=C=O)CC2)cc(F)c1Cl. The van der Waals surface area contributed by atoms with Gasteiger partial charge >= 0.3 is 0 Å². The van der Waals surface area contributed by atoms with E-state index in [-0.39, 0.29) is 10.8 Å². The zero-order valence-corrected chi connectivity index (χ0v) is 9.34. The van der Waals surface area contributed by atoms with E-state index >= 15 is 0 Å². The van der Waals surface area contributed by atoms with E-state index in [1.165, 1.54) is 19.3 Å². The molecule has 84 valence electrons. The van der Waals surface area contributed by atoms with Gasteiger partial charge in [0.2, 0.25) is 6.08 Å². The number of hydrogen-bond acceptors (Lipinski definition) is 3. The van der Waals surface area contributed by atoms with Crippen LogP contribution in [0.3, 0.4) is 0 Å². The molecule has 3 nitrogen and oxygen atoms in total. The number of rotatable bonds is 3. The smallest absolute Gasteiger partial charge is 0.235 e. The average molecular weight is 242 g/mol. The van der Waals surface area contributed by atoms with Crippen LogP contribution < -0.4 is 4.74 Å². The lowest BCUT2D eigenvalue weighted by Gasteiger charge is -2.11. The summed E-state index contributed by atoms with van der Waals surface area (Å²) in [7, 11) is 1.41. The van der Waals surface area contributed by atoms with Gasteiger partial charge in [-0.15, -0.1) is 0 Å². The molecule has 1 aromatic carbocycles. The molecule has 0 atom stereocenters. The Balaban J connectivity index is 2.51. The van der Waals surface area contributed by atoms with Crippen molar-refractivity contribution in [3.05, 3.63) is 28.5 Å². The van der Waals surface area contributed by atoms with Crippen LogP contribution in [0, 0.1) is 5.82 Å². The van der Waals surface area contributed by atoms with Gasteiger partial charge in [0, 0.05) is 0 Å². The molecule has 1 aliphatic carbocycles. The number of hydrogen-bond donors (Lipinski definition) is 0. The van der Waals surface area contributed by atoms with Gasteiger partial charge in [-0.2, -0.15) is 4.99 Å². The molecule has 0 radical (unpaired) electrons. The van der Waals surface area contributed by atoms with Crippen LogP contribution in [0.2, 0.25) is 5.02 Å². The maximum Gasteiger partial charge on any atom is 0.235 e. The number of isocyanates is 1. The first-order valence-electron chi connectivity index (χ1n) is 4.75. The van der Waals surface area contributed by atoms with Crippen LogP contribution in [0.25, 0.3) is 0 Å². The summed E-state index contributed by atoms with van der Waals surface area (Å²) in [5, 5.41) is -0.0582. The summed E-state index contributed by atoms with van der Waals surface area (Å²) in [6, 6.07) is 2.90. The lowest BCUT2D eigenvalue weighted by atomic mass is 10.1. The van der Waals surface area contributed by atoms with E-state index < -0.39 is 11.4 Å². The Labute approximate surface area is 96.9 Å². The van der Waals surface area contributed by atoms with Crippen molar-refractivity contribution < 1.29 is 13.9 Å². The molecule has 2 rings (SSSR count). The molecule has 0 aromatic heterocycles. The Bertz CT molecular complexity index is 479. The lowest BCUT2D eigenvalue weighted by molar-refractivity contribution is 0.410. The van der Waals surface area contributed by atoms with E-state index in [0.29, 0.717) is 18.4 Å². The highest BCUT2D eigenvalue weighted by Crippen LogP contribution is 2.50. The standard InChI is InChI=1S/C11H9ClFNO2/c1-16-9-5-7(4-8(13)10(9)12)11(2-3-11)14-6-15/h4-5H,2-3H2,1H3. The molecule has 1 aliphatic rings. The highest BCUT2D eigenvalue weighted by atomic mass is 35.5. The summed E-state index contributed by atoms with van der Waals surface area (Å²) >= 11 is 5.70. The molecule has 5 heteroatoms. The van der Waals surface area contributed by atoms with Gasteiger partial charge in [0.05, 0.1) is 12.6 Å². The Morgan fingerprint density at radius 2 is 2.25 bits per heavy atom. The van der Waals surface area contributed by atoms with E-state index in [4.69, 9.17) is 16.3 Å². The predicted octanol–water partition coefficient (Wildman–Crippen LogP) is 2.81. The molecule has 0 bridgehead atoms. The van der Waals surface area contributed by atoms with Gasteiger partial charge in [0.25, 0.3) is 0 Å². The van der Waals surface area contributed by atoms with E-state index in [2.05, 4.69) is 4.99 Å². The number of halogens is 2. The zero-order chi connectivity index (χ0) is 11.8. The number of benzene rings is 1. The van der Waals surface area contributed by atoms with Crippen LogP contribution in [0.1, 0.15) is 18.4 Å². The van der Waals surface area contributed by atoms with E-state index in [1.54, 1.807) is 6.07 Å². The Hall–Kier alpha value is -1.38. The molecule has 1 fully saturated rings. The topological polar surface area (TPSA) is 38.7 Å². The number of ether oxygens (including phenoxy) is 1. The Morgan fingerprint density at radius 3 is 2.75 bits per heavy atom. The van der Waals surface area contributed by atoms with E-state index in [9.17, 15) is 9.18 Å². The summed E-state index contributed by atoms with van der Waals surface area (Å²) < 4.78 is 18.4.